The number of ether oxygens (including phenoxy) is 1. The summed E-state index contributed by atoms with van der Waals surface area (Å²) in [7, 11) is 0. The van der Waals surface area contributed by atoms with Crippen LogP contribution in [-0.4, -0.2) is 19.0 Å². The number of halogens is 2. The maximum atomic E-state index is 12.1. The second-order valence-corrected chi connectivity index (χ2v) is 5.14. The van der Waals surface area contributed by atoms with Gasteiger partial charge < -0.3 is 4.74 Å². The number of hydrogen-bond acceptors (Lipinski definition) is 2. The van der Waals surface area contributed by atoms with Crippen LogP contribution >= 0.6 is 27.5 Å². The lowest BCUT2D eigenvalue weighted by atomic mass is 9.91. The third kappa shape index (κ3) is 2.65. The van der Waals surface area contributed by atoms with Gasteiger partial charge in [-0.25, -0.2) is 0 Å². The number of Topliss-reactive ketones (excluding diaryl/α,β-unsaturated/α-hetero) is 1. The molecule has 0 N–H and O–H groups in total. The third-order valence-corrected chi connectivity index (χ3v) is 4.01. The molecule has 1 aliphatic heterocycles. The van der Waals surface area contributed by atoms with Crippen molar-refractivity contribution in [2.45, 2.75) is 12.8 Å². The average Bonchev–Trinajstić information content (AvgIpc) is 2.33. The Hall–Kier alpha value is -0.380. The average molecular weight is 304 g/mol. The molecule has 0 aromatic heterocycles. The normalized spacial score (nSPS) is 17.4. The number of carbonyl (C=O) groups is 1. The molecule has 0 radical (unpaired) electrons. The molecule has 86 valence electrons. The first-order valence-corrected chi connectivity index (χ1v) is 6.42. The summed E-state index contributed by atoms with van der Waals surface area (Å²) in [6, 6.07) is 5.32. The van der Waals surface area contributed by atoms with E-state index in [4.69, 9.17) is 16.3 Å². The summed E-state index contributed by atoms with van der Waals surface area (Å²) in [5, 5.41) is 0.628. The highest BCUT2D eigenvalue weighted by atomic mass is 79.9. The van der Waals surface area contributed by atoms with Gasteiger partial charge in [-0.2, -0.15) is 0 Å². The quantitative estimate of drug-likeness (QED) is 0.779. The maximum Gasteiger partial charge on any atom is 0.166 e. The van der Waals surface area contributed by atoms with Crippen molar-refractivity contribution in [1.82, 2.24) is 0 Å². The highest BCUT2D eigenvalue weighted by molar-refractivity contribution is 9.10. The molecule has 1 aliphatic rings. The fraction of sp³-hybridized carbons (Fsp3) is 0.417. The summed E-state index contributed by atoms with van der Waals surface area (Å²) in [6.07, 6.45) is 1.64. The first kappa shape index (κ1) is 12.1. The molecule has 2 rings (SSSR count). The van der Waals surface area contributed by atoms with E-state index in [1.165, 1.54) is 0 Å². The first-order chi connectivity index (χ1) is 7.68. The van der Waals surface area contributed by atoms with Crippen LogP contribution in [-0.2, 0) is 4.74 Å². The summed E-state index contributed by atoms with van der Waals surface area (Å²) in [6.45, 7) is 1.37. The van der Waals surface area contributed by atoms with E-state index in [-0.39, 0.29) is 11.7 Å². The zero-order valence-corrected chi connectivity index (χ0v) is 11.1. The molecule has 0 aliphatic carbocycles. The van der Waals surface area contributed by atoms with E-state index >= 15 is 0 Å². The van der Waals surface area contributed by atoms with E-state index in [9.17, 15) is 4.79 Å². The van der Waals surface area contributed by atoms with Crippen molar-refractivity contribution >= 4 is 33.3 Å². The second-order valence-electron chi connectivity index (χ2n) is 3.88. The SMILES string of the molecule is O=C(c1ccc(Cl)c(Br)c1)C1CCOCC1. The number of hydrogen-bond donors (Lipinski definition) is 0. The maximum absolute atomic E-state index is 12.1. The predicted molar refractivity (Wildman–Crippen MR) is 67.0 cm³/mol. The molecule has 2 nitrogen and oxygen atoms in total. The lowest BCUT2D eigenvalue weighted by molar-refractivity contribution is 0.0545. The summed E-state index contributed by atoms with van der Waals surface area (Å²) in [5.74, 6) is 0.294. The van der Waals surface area contributed by atoms with Gasteiger partial charge in [0, 0.05) is 29.2 Å². The molecule has 16 heavy (non-hydrogen) atoms. The first-order valence-electron chi connectivity index (χ1n) is 5.25. The molecule has 0 atom stereocenters. The van der Waals surface area contributed by atoms with Gasteiger partial charge in [-0.15, -0.1) is 0 Å². The van der Waals surface area contributed by atoms with E-state index in [0.29, 0.717) is 18.2 Å². The van der Waals surface area contributed by atoms with Crippen molar-refractivity contribution in [3.63, 3.8) is 0 Å². The third-order valence-electron chi connectivity index (χ3n) is 2.80. The molecule has 1 aromatic carbocycles. The van der Waals surface area contributed by atoms with Crippen LogP contribution in [0.1, 0.15) is 23.2 Å². The second kappa shape index (κ2) is 5.30. The Morgan fingerprint density at radius 1 is 1.38 bits per heavy atom. The molecule has 0 amide bonds. The fourth-order valence-corrected chi connectivity index (χ4v) is 2.34. The Morgan fingerprint density at radius 2 is 2.06 bits per heavy atom. The molecule has 1 aromatic rings. The molecule has 4 heteroatoms. The minimum absolute atomic E-state index is 0.0989. The van der Waals surface area contributed by atoms with E-state index in [2.05, 4.69) is 15.9 Å². The minimum Gasteiger partial charge on any atom is -0.381 e. The van der Waals surface area contributed by atoms with E-state index in [1.807, 2.05) is 0 Å². The monoisotopic (exact) mass is 302 g/mol. The lowest BCUT2D eigenvalue weighted by Crippen LogP contribution is -2.23. The molecule has 1 saturated heterocycles. The van der Waals surface area contributed by atoms with Crippen LogP contribution in [0.3, 0.4) is 0 Å². The van der Waals surface area contributed by atoms with Gasteiger partial charge in [0.15, 0.2) is 5.78 Å². The van der Waals surface area contributed by atoms with Crippen LogP contribution in [0.15, 0.2) is 22.7 Å². The van der Waals surface area contributed by atoms with Crippen molar-refractivity contribution in [3.05, 3.63) is 33.3 Å². The van der Waals surface area contributed by atoms with Gasteiger partial charge in [0.05, 0.1) is 5.02 Å². The Morgan fingerprint density at radius 3 is 2.69 bits per heavy atom. The van der Waals surface area contributed by atoms with Crippen LogP contribution in [0.2, 0.25) is 5.02 Å². The highest BCUT2D eigenvalue weighted by Crippen LogP contribution is 2.26. The minimum atomic E-state index is 0.0989. The molecule has 0 spiro atoms. The molecule has 1 heterocycles. The smallest absolute Gasteiger partial charge is 0.166 e. The largest absolute Gasteiger partial charge is 0.381 e. The number of ketones is 1. The van der Waals surface area contributed by atoms with Gasteiger partial charge in [-0.3, -0.25) is 4.79 Å². The van der Waals surface area contributed by atoms with Crippen LogP contribution < -0.4 is 0 Å². The molecular formula is C12H12BrClO2. The van der Waals surface area contributed by atoms with Crippen molar-refractivity contribution in [2.24, 2.45) is 5.92 Å². The molecular weight excluding hydrogens is 291 g/mol. The van der Waals surface area contributed by atoms with Crippen LogP contribution in [0.4, 0.5) is 0 Å². The molecule has 1 fully saturated rings. The highest BCUT2D eigenvalue weighted by Gasteiger charge is 2.22. The van der Waals surface area contributed by atoms with E-state index in [0.717, 1.165) is 22.9 Å². The van der Waals surface area contributed by atoms with Crippen molar-refractivity contribution in [2.75, 3.05) is 13.2 Å². The van der Waals surface area contributed by atoms with Gasteiger partial charge >= 0.3 is 0 Å². The number of carbonyl (C=O) groups excluding carboxylic acids is 1. The molecule has 0 saturated carbocycles. The Kier molecular flexibility index (Phi) is 4.00. The topological polar surface area (TPSA) is 26.3 Å². The summed E-state index contributed by atoms with van der Waals surface area (Å²) < 4.78 is 6.02. The zero-order chi connectivity index (χ0) is 11.5. The van der Waals surface area contributed by atoms with Crippen molar-refractivity contribution < 1.29 is 9.53 Å². The Labute approximate surface area is 108 Å². The predicted octanol–water partition coefficient (Wildman–Crippen LogP) is 3.71. The molecule has 0 bridgehead atoms. The van der Waals surface area contributed by atoms with Crippen LogP contribution in [0, 0.1) is 5.92 Å². The van der Waals surface area contributed by atoms with E-state index in [1.54, 1.807) is 18.2 Å². The van der Waals surface area contributed by atoms with Gasteiger partial charge in [0.25, 0.3) is 0 Å². The van der Waals surface area contributed by atoms with Crippen LogP contribution in [0.5, 0.6) is 0 Å². The fourth-order valence-electron chi connectivity index (χ4n) is 1.84. The Balaban J connectivity index is 2.16. The standard InChI is InChI=1S/C12H12BrClO2/c13-10-7-9(1-2-11(10)14)12(15)8-3-5-16-6-4-8/h1-2,7-8H,3-6H2. The van der Waals surface area contributed by atoms with Gasteiger partial charge in [-0.1, -0.05) is 11.6 Å². The summed E-state index contributed by atoms with van der Waals surface area (Å²) in [5.41, 5.74) is 0.725. The van der Waals surface area contributed by atoms with E-state index < -0.39 is 0 Å². The van der Waals surface area contributed by atoms with Crippen molar-refractivity contribution in [3.8, 4) is 0 Å². The summed E-state index contributed by atoms with van der Waals surface area (Å²) in [4.78, 5) is 12.1. The van der Waals surface area contributed by atoms with Gasteiger partial charge in [0.2, 0.25) is 0 Å². The summed E-state index contributed by atoms with van der Waals surface area (Å²) >= 11 is 9.22. The lowest BCUT2D eigenvalue weighted by Gasteiger charge is -2.20. The van der Waals surface area contributed by atoms with Crippen LogP contribution in [0.25, 0.3) is 0 Å². The number of rotatable bonds is 2. The van der Waals surface area contributed by atoms with Gasteiger partial charge in [0.1, 0.15) is 0 Å². The molecule has 0 unspecified atom stereocenters. The van der Waals surface area contributed by atoms with Crippen molar-refractivity contribution in [1.29, 1.82) is 0 Å². The van der Waals surface area contributed by atoms with Gasteiger partial charge in [-0.05, 0) is 47.0 Å². The number of benzene rings is 1. The zero-order valence-electron chi connectivity index (χ0n) is 8.71. The Bertz CT molecular complexity index is 400.